The van der Waals surface area contributed by atoms with Crippen LogP contribution in [0.15, 0.2) is 48.7 Å². The summed E-state index contributed by atoms with van der Waals surface area (Å²) in [5, 5.41) is 0.0903. The summed E-state index contributed by atoms with van der Waals surface area (Å²) in [4.78, 5) is 15.7. The maximum absolute atomic E-state index is 11.4. The summed E-state index contributed by atoms with van der Waals surface area (Å²) in [6.07, 6.45) is 3.55. The summed E-state index contributed by atoms with van der Waals surface area (Å²) in [6.45, 7) is 0. The second kappa shape index (κ2) is 4.94. The summed E-state index contributed by atoms with van der Waals surface area (Å²) in [5.74, 6) is 0. The first-order chi connectivity index (χ1) is 7.81. The number of benzene rings is 1. The van der Waals surface area contributed by atoms with Gasteiger partial charge in [0, 0.05) is 17.3 Å². The molecule has 0 saturated heterocycles. The van der Waals surface area contributed by atoms with Crippen LogP contribution in [0.3, 0.4) is 0 Å². The molecular weight excluding hydrogens is 218 g/mol. The van der Waals surface area contributed by atoms with Gasteiger partial charge in [-0.3, -0.25) is 9.78 Å². The highest BCUT2D eigenvalue weighted by Gasteiger charge is 2.04. The lowest BCUT2D eigenvalue weighted by Crippen LogP contribution is -1.91. The fourth-order valence-corrected chi connectivity index (χ4v) is 1.80. The molecule has 0 saturated carbocycles. The standard InChI is InChI=1S/C13H11NOS/c1-16-13(15)11-7-5-10(6-8-11)12-4-2-3-9-14-12/h2-9H,1H3. The Balaban J connectivity index is 2.30. The molecule has 0 spiro atoms. The number of nitrogens with zero attached hydrogens (tertiary/aromatic N) is 1. The number of hydrogen-bond donors (Lipinski definition) is 0. The molecule has 0 unspecified atom stereocenters. The third kappa shape index (κ3) is 2.31. The summed E-state index contributed by atoms with van der Waals surface area (Å²) < 4.78 is 0. The van der Waals surface area contributed by atoms with Crippen LogP contribution in [0.5, 0.6) is 0 Å². The molecule has 0 aliphatic carbocycles. The quantitative estimate of drug-likeness (QED) is 0.791. The summed E-state index contributed by atoms with van der Waals surface area (Å²) >= 11 is 1.23. The molecule has 2 rings (SSSR count). The van der Waals surface area contributed by atoms with E-state index in [2.05, 4.69) is 4.98 Å². The zero-order chi connectivity index (χ0) is 11.4. The number of aromatic nitrogens is 1. The third-order valence-corrected chi connectivity index (χ3v) is 2.87. The lowest BCUT2D eigenvalue weighted by atomic mass is 10.1. The molecule has 1 heterocycles. The van der Waals surface area contributed by atoms with Crippen LogP contribution in [0.2, 0.25) is 0 Å². The molecule has 2 aromatic rings. The lowest BCUT2D eigenvalue weighted by Gasteiger charge is -2.01. The van der Waals surface area contributed by atoms with Crippen molar-refractivity contribution in [3.8, 4) is 11.3 Å². The Morgan fingerprint density at radius 1 is 1.12 bits per heavy atom. The van der Waals surface area contributed by atoms with Crippen molar-refractivity contribution in [2.45, 2.75) is 0 Å². The number of carbonyl (C=O) groups excluding carboxylic acids is 1. The zero-order valence-electron chi connectivity index (χ0n) is 8.88. The molecule has 0 bridgehead atoms. The monoisotopic (exact) mass is 229 g/mol. The van der Waals surface area contributed by atoms with E-state index in [9.17, 15) is 4.79 Å². The summed E-state index contributed by atoms with van der Waals surface area (Å²) in [6, 6.07) is 13.3. The minimum atomic E-state index is 0.0903. The predicted molar refractivity (Wildman–Crippen MR) is 67.5 cm³/mol. The van der Waals surface area contributed by atoms with E-state index in [0.29, 0.717) is 0 Å². The molecule has 80 valence electrons. The molecule has 3 heteroatoms. The van der Waals surface area contributed by atoms with Crippen LogP contribution < -0.4 is 0 Å². The Kier molecular flexibility index (Phi) is 3.37. The van der Waals surface area contributed by atoms with E-state index < -0.39 is 0 Å². The van der Waals surface area contributed by atoms with E-state index >= 15 is 0 Å². The molecule has 0 aliphatic rings. The van der Waals surface area contributed by atoms with E-state index in [4.69, 9.17) is 0 Å². The van der Waals surface area contributed by atoms with Crippen LogP contribution in [0, 0.1) is 0 Å². The molecular formula is C13H11NOS. The van der Waals surface area contributed by atoms with Gasteiger partial charge in [-0.2, -0.15) is 0 Å². The smallest absolute Gasteiger partial charge is 0.219 e. The van der Waals surface area contributed by atoms with Crippen molar-refractivity contribution >= 4 is 16.9 Å². The van der Waals surface area contributed by atoms with E-state index in [1.54, 1.807) is 12.5 Å². The molecule has 0 N–H and O–H groups in total. The highest BCUT2D eigenvalue weighted by atomic mass is 32.2. The fourth-order valence-electron chi connectivity index (χ4n) is 1.43. The molecule has 1 aromatic carbocycles. The topological polar surface area (TPSA) is 30.0 Å². The van der Waals surface area contributed by atoms with E-state index in [1.165, 1.54) is 11.8 Å². The summed E-state index contributed by atoms with van der Waals surface area (Å²) in [5.41, 5.74) is 2.68. The van der Waals surface area contributed by atoms with Gasteiger partial charge in [-0.05, 0) is 30.5 Å². The second-order valence-corrected chi connectivity index (χ2v) is 4.06. The minimum Gasteiger partial charge on any atom is -0.282 e. The Hall–Kier alpha value is -1.61. The first-order valence-electron chi connectivity index (χ1n) is 4.91. The van der Waals surface area contributed by atoms with Crippen molar-refractivity contribution < 1.29 is 4.79 Å². The number of thioether (sulfide) groups is 1. The largest absolute Gasteiger partial charge is 0.282 e. The van der Waals surface area contributed by atoms with Gasteiger partial charge in [0.1, 0.15) is 0 Å². The van der Waals surface area contributed by atoms with Gasteiger partial charge in [0.15, 0.2) is 0 Å². The van der Waals surface area contributed by atoms with Crippen LogP contribution in [-0.2, 0) is 0 Å². The van der Waals surface area contributed by atoms with Crippen molar-refractivity contribution in [1.82, 2.24) is 4.98 Å². The highest BCUT2D eigenvalue weighted by Crippen LogP contribution is 2.18. The van der Waals surface area contributed by atoms with E-state index in [-0.39, 0.29) is 5.12 Å². The van der Waals surface area contributed by atoms with Crippen molar-refractivity contribution in [1.29, 1.82) is 0 Å². The average molecular weight is 229 g/mol. The van der Waals surface area contributed by atoms with Crippen molar-refractivity contribution in [2.75, 3.05) is 6.26 Å². The maximum Gasteiger partial charge on any atom is 0.219 e. The molecule has 0 aliphatic heterocycles. The van der Waals surface area contributed by atoms with Crippen LogP contribution in [0.1, 0.15) is 10.4 Å². The van der Waals surface area contributed by atoms with Crippen LogP contribution in [0.25, 0.3) is 11.3 Å². The second-order valence-electron chi connectivity index (χ2n) is 3.28. The maximum atomic E-state index is 11.4. The average Bonchev–Trinajstić information content (AvgIpc) is 2.39. The molecule has 0 fully saturated rings. The Bertz CT molecular complexity index is 479. The Labute approximate surface area is 98.7 Å². The van der Waals surface area contributed by atoms with Gasteiger partial charge in [0.05, 0.1) is 5.69 Å². The number of rotatable bonds is 2. The van der Waals surface area contributed by atoms with Crippen LogP contribution >= 0.6 is 11.8 Å². The number of hydrogen-bond acceptors (Lipinski definition) is 3. The first kappa shape index (κ1) is 10.9. The predicted octanol–water partition coefficient (Wildman–Crippen LogP) is 3.25. The highest BCUT2D eigenvalue weighted by molar-refractivity contribution is 8.13. The minimum absolute atomic E-state index is 0.0903. The van der Waals surface area contributed by atoms with Gasteiger partial charge in [-0.1, -0.05) is 30.0 Å². The molecule has 2 nitrogen and oxygen atoms in total. The molecule has 0 atom stereocenters. The van der Waals surface area contributed by atoms with Crippen molar-refractivity contribution in [3.63, 3.8) is 0 Å². The van der Waals surface area contributed by atoms with Crippen LogP contribution in [-0.4, -0.2) is 16.4 Å². The molecule has 0 amide bonds. The van der Waals surface area contributed by atoms with Crippen molar-refractivity contribution in [2.24, 2.45) is 0 Å². The van der Waals surface area contributed by atoms with Gasteiger partial charge in [0.2, 0.25) is 5.12 Å². The fraction of sp³-hybridized carbons (Fsp3) is 0.0769. The van der Waals surface area contributed by atoms with E-state index in [1.807, 2.05) is 42.5 Å². The van der Waals surface area contributed by atoms with Crippen LogP contribution in [0.4, 0.5) is 0 Å². The Morgan fingerprint density at radius 3 is 2.44 bits per heavy atom. The first-order valence-corrected chi connectivity index (χ1v) is 6.13. The Morgan fingerprint density at radius 2 is 1.88 bits per heavy atom. The third-order valence-electron chi connectivity index (χ3n) is 2.27. The molecule has 0 radical (unpaired) electrons. The van der Waals surface area contributed by atoms with Gasteiger partial charge in [-0.15, -0.1) is 0 Å². The normalized spacial score (nSPS) is 10.1. The van der Waals surface area contributed by atoms with Gasteiger partial charge < -0.3 is 0 Å². The lowest BCUT2D eigenvalue weighted by molar-refractivity contribution is 0.108. The zero-order valence-corrected chi connectivity index (χ0v) is 9.70. The van der Waals surface area contributed by atoms with Gasteiger partial charge in [0.25, 0.3) is 0 Å². The SMILES string of the molecule is CSC(=O)c1ccc(-c2ccccn2)cc1. The summed E-state index contributed by atoms with van der Waals surface area (Å²) in [7, 11) is 0. The van der Waals surface area contributed by atoms with Gasteiger partial charge in [-0.25, -0.2) is 0 Å². The van der Waals surface area contributed by atoms with E-state index in [0.717, 1.165) is 16.8 Å². The van der Waals surface area contributed by atoms with Gasteiger partial charge >= 0.3 is 0 Å². The van der Waals surface area contributed by atoms with Crippen molar-refractivity contribution in [3.05, 3.63) is 54.2 Å². The molecule has 1 aromatic heterocycles. The number of carbonyl (C=O) groups is 1. The molecule has 16 heavy (non-hydrogen) atoms. The number of pyridine rings is 1.